The maximum Gasteiger partial charge on any atom is 0.0285 e. The molecule has 1 saturated heterocycles. The number of nitrogens with one attached hydrogen (secondary N) is 1. The summed E-state index contributed by atoms with van der Waals surface area (Å²) in [6, 6.07) is 2.96. The number of hydrogen-bond acceptors (Lipinski definition) is 2. The summed E-state index contributed by atoms with van der Waals surface area (Å²) in [5, 5.41) is 5.73. The van der Waals surface area contributed by atoms with E-state index in [1.165, 1.54) is 41.6 Å². The molecule has 0 aliphatic carbocycles. The van der Waals surface area contributed by atoms with Gasteiger partial charge in [-0.1, -0.05) is 6.42 Å². The fourth-order valence-electron chi connectivity index (χ4n) is 1.80. The fourth-order valence-corrected chi connectivity index (χ4v) is 3.33. The zero-order valence-electron chi connectivity index (χ0n) is 7.55. The Morgan fingerprint density at radius 2 is 2.46 bits per heavy atom. The van der Waals surface area contributed by atoms with Crippen molar-refractivity contribution in [3.05, 3.63) is 20.8 Å². The molecule has 13 heavy (non-hydrogen) atoms. The van der Waals surface area contributed by atoms with Crippen molar-refractivity contribution in [2.24, 2.45) is 0 Å². The second kappa shape index (κ2) is 4.58. The van der Waals surface area contributed by atoms with Crippen LogP contribution in [0.4, 0.5) is 0 Å². The van der Waals surface area contributed by atoms with Gasteiger partial charge in [0.25, 0.3) is 0 Å². The molecular weight excluding hydrogens is 246 g/mol. The number of rotatable bonds is 2. The van der Waals surface area contributed by atoms with Gasteiger partial charge in [-0.3, -0.25) is 0 Å². The van der Waals surface area contributed by atoms with E-state index < -0.39 is 0 Å². The molecule has 72 valence electrons. The Hall–Kier alpha value is 0.140. The van der Waals surface area contributed by atoms with E-state index in [1.807, 2.05) is 11.3 Å². The summed E-state index contributed by atoms with van der Waals surface area (Å²) in [6.07, 6.45) is 5.29. The molecule has 0 aromatic carbocycles. The molecule has 0 amide bonds. The van der Waals surface area contributed by atoms with E-state index in [1.54, 1.807) is 0 Å². The van der Waals surface area contributed by atoms with E-state index in [0.717, 1.165) is 6.04 Å². The molecular formula is C10H14BrNS. The molecule has 0 radical (unpaired) electrons. The number of hydrogen-bond donors (Lipinski definition) is 1. The lowest BCUT2D eigenvalue weighted by Gasteiger charge is -2.22. The molecule has 1 aromatic heterocycles. The predicted octanol–water partition coefficient (Wildman–Crippen LogP) is 3.20. The van der Waals surface area contributed by atoms with Crippen molar-refractivity contribution in [3.8, 4) is 0 Å². The Kier molecular flexibility index (Phi) is 3.41. The largest absolute Gasteiger partial charge is 0.314 e. The summed E-state index contributed by atoms with van der Waals surface area (Å²) in [7, 11) is 0. The molecule has 1 nitrogen and oxygen atoms in total. The highest BCUT2D eigenvalue weighted by molar-refractivity contribution is 9.10. The quantitative estimate of drug-likeness (QED) is 0.861. The minimum Gasteiger partial charge on any atom is -0.314 e. The highest BCUT2D eigenvalue weighted by Crippen LogP contribution is 2.22. The van der Waals surface area contributed by atoms with Crippen molar-refractivity contribution in [2.75, 3.05) is 6.54 Å². The van der Waals surface area contributed by atoms with Crippen LogP contribution in [-0.2, 0) is 6.42 Å². The van der Waals surface area contributed by atoms with Gasteiger partial charge in [0, 0.05) is 20.8 Å². The molecule has 1 fully saturated rings. The second-order valence-electron chi connectivity index (χ2n) is 3.58. The Morgan fingerprint density at radius 1 is 1.54 bits per heavy atom. The number of thiophene rings is 1. The van der Waals surface area contributed by atoms with Gasteiger partial charge in [-0.25, -0.2) is 0 Å². The molecule has 2 heterocycles. The van der Waals surface area contributed by atoms with Gasteiger partial charge < -0.3 is 5.32 Å². The minimum absolute atomic E-state index is 0.722. The lowest BCUT2D eigenvalue weighted by molar-refractivity contribution is 0.401. The Labute approximate surface area is 91.7 Å². The van der Waals surface area contributed by atoms with Crippen molar-refractivity contribution in [2.45, 2.75) is 31.7 Å². The van der Waals surface area contributed by atoms with Gasteiger partial charge in [-0.15, -0.1) is 11.3 Å². The molecule has 2 rings (SSSR count). The van der Waals surface area contributed by atoms with E-state index in [0.29, 0.717) is 0 Å². The summed E-state index contributed by atoms with van der Waals surface area (Å²) in [6.45, 7) is 1.21. The van der Waals surface area contributed by atoms with Crippen LogP contribution in [0.25, 0.3) is 0 Å². The van der Waals surface area contributed by atoms with Crippen molar-refractivity contribution < 1.29 is 0 Å². The first kappa shape index (κ1) is 9.69. The van der Waals surface area contributed by atoms with E-state index in [2.05, 4.69) is 32.7 Å². The maximum atomic E-state index is 3.57. The van der Waals surface area contributed by atoms with Gasteiger partial charge in [0.05, 0.1) is 0 Å². The molecule has 1 unspecified atom stereocenters. The van der Waals surface area contributed by atoms with Crippen LogP contribution in [0.1, 0.15) is 24.1 Å². The highest BCUT2D eigenvalue weighted by atomic mass is 79.9. The third-order valence-electron chi connectivity index (χ3n) is 2.48. The highest BCUT2D eigenvalue weighted by Gasteiger charge is 2.13. The van der Waals surface area contributed by atoms with Crippen LogP contribution in [0.3, 0.4) is 0 Å². The average molecular weight is 260 g/mol. The van der Waals surface area contributed by atoms with Crippen molar-refractivity contribution in [3.63, 3.8) is 0 Å². The molecule has 1 aliphatic rings. The summed E-state index contributed by atoms with van der Waals surface area (Å²) in [4.78, 5) is 1.49. The molecule has 3 heteroatoms. The van der Waals surface area contributed by atoms with Crippen molar-refractivity contribution in [1.82, 2.24) is 5.32 Å². The smallest absolute Gasteiger partial charge is 0.0285 e. The SMILES string of the molecule is Brc1csc(CC2CCCCN2)c1. The zero-order chi connectivity index (χ0) is 9.10. The third kappa shape index (κ3) is 2.79. The zero-order valence-corrected chi connectivity index (χ0v) is 9.96. The standard InChI is InChI=1S/C10H14BrNS/c11-8-5-10(13-7-8)6-9-3-1-2-4-12-9/h5,7,9,12H,1-4,6H2. The summed E-state index contributed by atoms with van der Waals surface area (Å²) >= 11 is 5.34. The van der Waals surface area contributed by atoms with Gasteiger partial charge in [-0.2, -0.15) is 0 Å². The molecule has 1 atom stereocenters. The van der Waals surface area contributed by atoms with Crippen LogP contribution in [0.2, 0.25) is 0 Å². The molecule has 0 bridgehead atoms. The summed E-state index contributed by atoms with van der Waals surface area (Å²) < 4.78 is 1.23. The second-order valence-corrected chi connectivity index (χ2v) is 5.49. The lowest BCUT2D eigenvalue weighted by Crippen LogP contribution is -2.35. The Balaban J connectivity index is 1.89. The Bertz CT molecular complexity index is 266. The van der Waals surface area contributed by atoms with Gasteiger partial charge in [0.15, 0.2) is 0 Å². The van der Waals surface area contributed by atoms with Crippen molar-refractivity contribution >= 4 is 27.3 Å². The van der Waals surface area contributed by atoms with E-state index in [-0.39, 0.29) is 0 Å². The first-order valence-electron chi connectivity index (χ1n) is 4.81. The molecule has 1 N–H and O–H groups in total. The van der Waals surface area contributed by atoms with Crippen LogP contribution in [-0.4, -0.2) is 12.6 Å². The van der Waals surface area contributed by atoms with Gasteiger partial charge >= 0.3 is 0 Å². The van der Waals surface area contributed by atoms with Crippen LogP contribution in [0.5, 0.6) is 0 Å². The van der Waals surface area contributed by atoms with E-state index in [4.69, 9.17) is 0 Å². The van der Waals surface area contributed by atoms with Crippen molar-refractivity contribution in [1.29, 1.82) is 0 Å². The van der Waals surface area contributed by atoms with E-state index >= 15 is 0 Å². The minimum atomic E-state index is 0.722. The van der Waals surface area contributed by atoms with Crippen LogP contribution in [0.15, 0.2) is 15.9 Å². The summed E-state index contributed by atoms with van der Waals surface area (Å²) in [5.41, 5.74) is 0. The predicted molar refractivity (Wildman–Crippen MR) is 61.4 cm³/mol. The average Bonchev–Trinajstić information content (AvgIpc) is 2.53. The van der Waals surface area contributed by atoms with Gasteiger partial charge in [0.2, 0.25) is 0 Å². The normalized spacial score (nSPS) is 23.3. The first-order valence-corrected chi connectivity index (χ1v) is 6.48. The molecule has 0 spiro atoms. The van der Waals surface area contributed by atoms with Crippen LogP contribution < -0.4 is 5.32 Å². The fraction of sp³-hybridized carbons (Fsp3) is 0.600. The topological polar surface area (TPSA) is 12.0 Å². The van der Waals surface area contributed by atoms with Crippen LogP contribution in [0, 0.1) is 0 Å². The van der Waals surface area contributed by atoms with E-state index in [9.17, 15) is 0 Å². The van der Waals surface area contributed by atoms with Gasteiger partial charge in [0.1, 0.15) is 0 Å². The maximum absolute atomic E-state index is 3.57. The monoisotopic (exact) mass is 259 g/mol. The molecule has 0 saturated carbocycles. The Morgan fingerprint density at radius 3 is 3.08 bits per heavy atom. The molecule has 1 aromatic rings. The number of halogens is 1. The van der Waals surface area contributed by atoms with Gasteiger partial charge in [-0.05, 0) is 47.8 Å². The summed E-state index contributed by atoms with van der Waals surface area (Å²) in [5.74, 6) is 0. The lowest BCUT2D eigenvalue weighted by atomic mass is 10.0. The molecule has 1 aliphatic heterocycles. The first-order chi connectivity index (χ1) is 6.34. The number of piperidine rings is 1. The van der Waals surface area contributed by atoms with Crippen LogP contribution >= 0.6 is 27.3 Å². The third-order valence-corrected chi connectivity index (χ3v) is 4.20.